The van der Waals surface area contributed by atoms with Crippen LogP contribution in [0.1, 0.15) is 25.6 Å². The Morgan fingerprint density at radius 1 is 1.33 bits per heavy atom. The summed E-state index contributed by atoms with van der Waals surface area (Å²) in [6, 6.07) is 3.31. The summed E-state index contributed by atoms with van der Waals surface area (Å²) in [4.78, 5) is 3.91. The first-order chi connectivity index (χ1) is 7.00. The molecule has 1 heterocycles. The zero-order valence-electron chi connectivity index (χ0n) is 8.65. The number of nitrogens with two attached hydrogens (primary N) is 1. The molecule has 0 amide bonds. The number of nitrogens with zero attached hydrogens (tertiary/aromatic N) is 1. The fourth-order valence-corrected chi connectivity index (χ4v) is 1.05. The molecule has 1 rings (SSSR count). The minimum Gasteiger partial charge on any atom is -0.475 e. The van der Waals surface area contributed by atoms with Crippen molar-refractivity contribution in [3.05, 3.63) is 23.9 Å². The molecule has 0 aromatic carbocycles. The molecule has 0 aliphatic heterocycles. The van der Waals surface area contributed by atoms with E-state index in [1.807, 2.05) is 13.8 Å². The molecule has 0 saturated carbocycles. The van der Waals surface area contributed by atoms with Gasteiger partial charge in [-0.25, -0.2) is 13.8 Å². The lowest BCUT2D eigenvalue weighted by Gasteiger charge is -2.13. The predicted octanol–water partition coefficient (Wildman–Crippen LogP) is 2.13. The van der Waals surface area contributed by atoms with Gasteiger partial charge in [-0.15, -0.1) is 0 Å². The van der Waals surface area contributed by atoms with Crippen LogP contribution in [-0.4, -0.2) is 17.5 Å². The summed E-state index contributed by atoms with van der Waals surface area (Å²) >= 11 is 0. The lowest BCUT2D eigenvalue weighted by molar-refractivity contribution is 0.114. The van der Waals surface area contributed by atoms with Crippen molar-refractivity contribution in [2.45, 2.75) is 32.4 Å². The quantitative estimate of drug-likeness (QED) is 0.838. The molecule has 0 spiro atoms. The van der Waals surface area contributed by atoms with E-state index in [2.05, 4.69) is 4.98 Å². The minimum atomic E-state index is -2.62. The molecule has 3 nitrogen and oxygen atoms in total. The normalized spacial score (nSPS) is 13.3. The molecule has 1 aromatic rings. The highest BCUT2D eigenvalue weighted by molar-refractivity contribution is 5.18. The molecule has 2 N–H and O–H groups in total. The lowest BCUT2D eigenvalue weighted by Crippen LogP contribution is -2.20. The van der Waals surface area contributed by atoms with E-state index in [4.69, 9.17) is 10.5 Å². The van der Waals surface area contributed by atoms with Crippen LogP contribution in [0.3, 0.4) is 0 Å². The van der Waals surface area contributed by atoms with E-state index in [0.29, 0.717) is 5.88 Å². The van der Waals surface area contributed by atoms with Crippen molar-refractivity contribution in [1.82, 2.24) is 4.98 Å². The Morgan fingerprint density at radius 2 is 2.00 bits per heavy atom. The van der Waals surface area contributed by atoms with Crippen LogP contribution in [0.2, 0.25) is 0 Å². The second kappa shape index (κ2) is 5.02. The minimum absolute atomic E-state index is 0.0458. The first-order valence-electron chi connectivity index (χ1n) is 4.68. The maximum absolute atomic E-state index is 12.3. The van der Waals surface area contributed by atoms with E-state index in [9.17, 15) is 8.78 Å². The molecule has 0 saturated heterocycles. The highest BCUT2D eigenvalue weighted by Crippen LogP contribution is 2.18. The van der Waals surface area contributed by atoms with Gasteiger partial charge in [-0.1, -0.05) is 6.07 Å². The topological polar surface area (TPSA) is 48.1 Å². The Balaban J connectivity index is 2.82. The van der Waals surface area contributed by atoms with Crippen molar-refractivity contribution in [3.8, 4) is 5.88 Å². The second-order valence-electron chi connectivity index (χ2n) is 3.43. The third-order valence-corrected chi connectivity index (χ3v) is 1.71. The lowest BCUT2D eigenvalue weighted by atomic mass is 10.2. The molecule has 15 heavy (non-hydrogen) atoms. The van der Waals surface area contributed by atoms with Gasteiger partial charge in [0.05, 0.1) is 11.8 Å². The van der Waals surface area contributed by atoms with E-state index in [1.165, 1.54) is 6.07 Å². The Labute approximate surface area is 87.3 Å². The summed E-state index contributed by atoms with van der Waals surface area (Å²) in [7, 11) is 0. The molecule has 1 unspecified atom stereocenters. The molecular weight excluding hydrogens is 202 g/mol. The van der Waals surface area contributed by atoms with Crippen LogP contribution < -0.4 is 10.5 Å². The maximum atomic E-state index is 12.3. The van der Waals surface area contributed by atoms with Crippen LogP contribution in [-0.2, 0) is 0 Å². The Hall–Kier alpha value is -1.23. The van der Waals surface area contributed by atoms with Crippen LogP contribution in [0, 0.1) is 0 Å². The molecule has 84 valence electrons. The number of hydrogen-bond acceptors (Lipinski definition) is 3. The number of ether oxygens (including phenoxy) is 1. The summed E-state index contributed by atoms with van der Waals surface area (Å²) in [5.41, 5.74) is 5.41. The van der Waals surface area contributed by atoms with Crippen LogP contribution in [0.15, 0.2) is 18.2 Å². The fraction of sp³-hybridized carbons (Fsp3) is 0.500. The van der Waals surface area contributed by atoms with Crippen LogP contribution in [0.5, 0.6) is 5.88 Å². The van der Waals surface area contributed by atoms with Crippen molar-refractivity contribution in [2.24, 2.45) is 5.73 Å². The molecule has 0 fully saturated rings. The standard InChI is InChI=1S/C10H14F2N2O/c1-6(2)15-8-5-3-4-7(14-8)9(13)10(11)12/h3-6,9-10H,13H2,1-2H3. The van der Waals surface area contributed by atoms with Crippen molar-refractivity contribution in [3.63, 3.8) is 0 Å². The average Bonchev–Trinajstić information content (AvgIpc) is 2.16. The van der Waals surface area contributed by atoms with Crippen molar-refractivity contribution >= 4 is 0 Å². The molecule has 1 atom stereocenters. The summed E-state index contributed by atoms with van der Waals surface area (Å²) in [5.74, 6) is 0.318. The van der Waals surface area contributed by atoms with E-state index >= 15 is 0 Å². The second-order valence-corrected chi connectivity index (χ2v) is 3.43. The van der Waals surface area contributed by atoms with Gasteiger partial charge in [0.1, 0.15) is 6.04 Å². The van der Waals surface area contributed by atoms with Gasteiger partial charge in [0.25, 0.3) is 6.43 Å². The SMILES string of the molecule is CC(C)Oc1cccc(C(N)C(F)F)n1. The number of rotatable bonds is 4. The summed E-state index contributed by atoms with van der Waals surface area (Å²) in [5, 5.41) is 0. The van der Waals surface area contributed by atoms with E-state index in [1.54, 1.807) is 12.1 Å². The molecule has 5 heteroatoms. The summed E-state index contributed by atoms with van der Waals surface area (Å²) < 4.78 is 29.9. The number of alkyl halides is 2. The molecular formula is C10H14F2N2O. The average molecular weight is 216 g/mol. The Kier molecular flexibility index (Phi) is 3.96. The molecule has 1 aromatic heterocycles. The molecule has 0 radical (unpaired) electrons. The molecule has 0 bridgehead atoms. The predicted molar refractivity (Wildman–Crippen MR) is 52.9 cm³/mol. The highest BCUT2D eigenvalue weighted by atomic mass is 19.3. The fourth-order valence-electron chi connectivity index (χ4n) is 1.05. The van der Waals surface area contributed by atoms with Gasteiger partial charge < -0.3 is 10.5 Å². The van der Waals surface area contributed by atoms with Gasteiger partial charge in [0, 0.05) is 6.07 Å². The number of aromatic nitrogens is 1. The zero-order chi connectivity index (χ0) is 11.4. The Bertz CT molecular complexity index is 318. The molecule has 0 aliphatic rings. The van der Waals surface area contributed by atoms with Crippen molar-refractivity contribution in [1.29, 1.82) is 0 Å². The van der Waals surface area contributed by atoms with Gasteiger partial charge in [-0.05, 0) is 19.9 Å². The van der Waals surface area contributed by atoms with Crippen molar-refractivity contribution in [2.75, 3.05) is 0 Å². The van der Waals surface area contributed by atoms with Gasteiger partial charge >= 0.3 is 0 Å². The zero-order valence-corrected chi connectivity index (χ0v) is 8.65. The third-order valence-electron chi connectivity index (χ3n) is 1.71. The van der Waals surface area contributed by atoms with E-state index in [0.717, 1.165) is 0 Å². The van der Waals surface area contributed by atoms with Crippen LogP contribution in [0.25, 0.3) is 0 Å². The van der Waals surface area contributed by atoms with Crippen molar-refractivity contribution < 1.29 is 13.5 Å². The smallest absolute Gasteiger partial charge is 0.259 e. The summed E-state index contributed by atoms with van der Waals surface area (Å²) in [6.45, 7) is 3.67. The highest BCUT2D eigenvalue weighted by Gasteiger charge is 2.19. The van der Waals surface area contributed by atoms with Crippen LogP contribution in [0.4, 0.5) is 8.78 Å². The largest absolute Gasteiger partial charge is 0.475 e. The van der Waals surface area contributed by atoms with E-state index < -0.39 is 12.5 Å². The first-order valence-corrected chi connectivity index (χ1v) is 4.68. The number of halogens is 2. The van der Waals surface area contributed by atoms with Gasteiger partial charge in [-0.3, -0.25) is 0 Å². The first kappa shape index (κ1) is 11.8. The number of hydrogen-bond donors (Lipinski definition) is 1. The molecule has 0 aliphatic carbocycles. The van der Waals surface area contributed by atoms with Crippen LogP contribution >= 0.6 is 0 Å². The Morgan fingerprint density at radius 3 is 2.53 bits per heavy atom. The van der Waals surface area contributed by atoms with Gasteiger partial charge in [0.15, 0.2) is 0 Å². The number of pyridine rings is 1. The third kappa shape index (κ3) is 3.43. The van der Waals surface area contributed by atoms with Gasteiger partial charge in [0.2, 0.25) is 5.88 Å². The van der Waals surface area contributed by atoms with Gasteiger partial charge in [-0.2, -0.15) is 0 Å². The maximum Gasteiger partial charge on any atom is 0.259 e. The monoisotopic (exact) mass is 216 g/mol. The summed E-state index contributed by atoms with van der Waals surface area (Å²) in [6.07, 6.45) is -2.66. The van der Waals surface area contributed by atoms with E-state index in [-0.39, 0.29) is 11.8 Å².